The second-order valence-electron chi connectivity index (χ2n) is 4.01. The van der Waals surface area contributed by atoms with E-state index in [4.69, 9.17) is 5.73 Å². The zero-order valence-corrected chi connectivity index (χ0v) is 9.33. The number of hydrogen-bond donors (Lipinski definition) is 1. The third-order valence-corrected chi connectivity index (χ3v) is 2.51. The van der Waals surface area contributed by atoms with Crippen molar-refractivity contribution in [2.24, 2.45) is 11.7 Å². The number of nitrogens with two attached hydrogens (primary N) is 1. The molecule has 1 rings (SSSR count). The Morgan fingerprint density at radius 3 is 2.57 bits per heavy atom. The first-order valence-corrected chi connectivity index (χ1v) is 5.12. The summed E-state index contributed by atoms with van der Waals surface area (Å²) in [5, 5.41) is 0. The molecule has 0 aromatic heterocycles. The maximum absolute atomic E-state index is 5.61. The van der Waals surface area contributed by atoms with Crippen molar-refractivity contribution in [3.63, 3.8) is 0 Å². The Morgan fingerprint density at radius 1 is 1.36 bits per heavy atom. The summed E-state index contributed by atoms with van der Waals surface area (Å²) in [6.07, 6.45) is 0. The van der Waals surface area contributed by atoms with Crippen LogP contribution in [0.25, 0.3) is 0 Å². The van der Waals surface area contributed by atoms with Crippen molar-refractivity contribution in [3.05, 3.63) is 29.8 Å². The van der Waals surface area contributed by atoms with Gasteiger partial charge in [0.2, 0.25) is 0 Å². The van der Waals surface area contributed by atoms with Crippen molar-refractivity contribution >= 4 is 5.69 Å². The topological polar surface area (TPSA) is 29.3 Å². The first-order chi connectivity index (χ1) is 6.65. The maximum atomic E-state index is 5.61. The number of hydrogen-bond acceptors (Lipinski definition) is 2. The largest absolute Gasteiger partial charge is 0.374 e. The molecule has 0 fully saturated rings. The fourth-order valence-corrected chi connectivity index (χ4v) is 1.63. The van der Waals surface area contributed by atoms with Gasteiger partial charge < -0.3 is 10.6 Å². The Kier molecular flexibility index (Phi) is 3.96. The summed E-state index contributed by atoms with van der Waals surface area (Å²) in [6, 6.07) is 8.43. The number of aryl methyl sites for hydroxylation is 1. The van der Waals surface area contributed by atoms with E-state index in [0.717, 1.165) is 13.1 Å². The van der Waals surface area contributed by atoms with E-state index in [-0.39, 0.29) is 0 Å². The van der Waals surface area contributed by atoms with Crippen LogP contribution in [0.5, 0.6) is 0 Å². The molecule has 0 spiro atoms. The van der Waals surface area contributed by atoms with Gasteiger partial charge in [-0.25, -0.2) is 0 Å². The van der Waals surface area contributed by atoms with Gasteiger partial charge in [0.1, 0.15) is 0 Å². The number of para-hydroxylation sites is 1. The summed E-state index contributed by atoms with van der Waals surface area (Å²) in [5.74, 6) is 0.541. The second kappa shape index (κ2) is 5.01. The van der Waals surface area contributed by atoms with Gasteiger partial charge in [-0.3, -0.25) is 0 Å². The highest BCUT2D eigenvalue weighted by molar-refractivity contribution is 5.52. The maximum Gasteiger partial charge on any atom is 0.0393 e. The molecule has 1 atom stereocenters. The Morgan fingerprint density at radius 2 is 2.00 bits per heavy atom. The fraction of sp³-hybridized carbons (Fsp3) is 0.500. The third-order valence-electron chi connectivity index (χ3n) is 2.51. The lowest BCUT2D eigenvalue weighted by Gasteiger charge is -2.24. The van der Waals surface area contributed by atoms with Gasteiger partial charge in [-0.1, -0.05) is 25.1 Å². The fourth-order valence-electron chi connectivity index (χ4n) is 1.63. The smallest absolute Gasteiger partial charge is 0.0393 e. The van der Waals surface area contributed by atoms with Crippen LogP contribution in [0.2, 0.25) is 0 Å². The quantitative estimate of drug-likeness (QED) is 0.791. The molecule has 0 heterocycles. The average Bonchev–Trinajstić information content (AvgIpc) is 2.18. The SMILES string of the molecule is Cc1ccccc1N(C)CC(C)CN. The Labute approximate surface area is 86.7 Å². The Hall–Kier alpha value is -1.02. The predicted molar refractivity (Wildman–Crippen MR) is 62.7 cm³/mol. The molecule has 1 aromatic carbocycles. The van der Waals surface area contributed by atoms with Crippen LogP contribution in [0.1, 0.15) is 12.5 Å². The van der Waals surface area contributed by atoms with Gasteiger partial charge >= 0.3 is 0 Å². The normalized spacial score (nSPS) is 12.6. The van der Waals surface area contributed by atoms with Gasteiger partial charge in [0, 0.05) is 19.3 Å². The second-order valence-corrected chi connectivity index (χ2v) is 4.01. The minimum atomic E-state index is 0.541. The lowest BCUT2D eigenvalue weighted by Crippen LogP contribution is -2.28. The minimum Gasteiger partial charge on any atom is -0.374 e. The molecule has 0 aliphatic carbocycles. The van der Waals surface area contributed by atoms with E-state index < -0.39 is 0 Å². The molecule has 0 bridgehead atoms. The van der Waals surface area contributed by atoms with E-state index in [2.05, 4.69) is 50.1 Å². The van der Waals surface area contributed by atoms with Crippen LogP contribution in [0.15, 0.2) is 24.3 Å². The van der Waals surface area contributed by atoms with E-state index in [9.17, 15) is 0 Å². The van der Waals surface area contributed by atoms with Gasteiger partial charge in [0.15, 0.2) is 0 Å². The average molecular weight is 192 g/mol. The van der Waals surface area contributed by atoms with Gasteiger partial charge in [-0.05, 0) is 31.0 Å². The minimum absolute atomic E-state index is 0.541. The Balaban J connectivity index is 2.69. The lowest BCUT2D eigenvalue weighted by molar-refractivity contribution is 0.589. The molecule has 2 nitrogen and oxygen atoms in total. The van der Waals surface area contributed by atoms with E-state index in [0.29, 0.717) is 5.92 Å². The standard InChI is InChI=1S/C12H20N2/c1-10(8-13)9-14(3)12-7-5-4-6-11(12)2/h4-7,10H,8-9,13H2,1-3H3. The van der Waals surface area contributed by atoms with Crippen molar-refractivity contribution in [2.75, 3.05) is 25.0 Å². The summed E-state index contributed by atoms with van der Waals surface area (Å²) in [6.45, 7) is 6.07. The molecular weight excluding hydrogens is 172 g/mol. The van der Waals surface area contributed by atoms with Crippen molar-refractivity contribution in [3.8, 4) is 0 Å². The van der Waals surface area contributed by atoms with Gasteiger partial charge in [-0.2, -0.15) is 0 Å². The highest BCUT2D eigenvalue weighted by atomic mass is 15.1. The van der Waals surface area contributed by atoms with Crippen molar-refractivity contribution in [2.45, 2.75) is 13.8 Å². The molecule has 0 radical (unpaired) electrons. The van der Waals surface area contributed by atoms with E-state index in [1.165, 1.54) is 11.3 Å². The van der Waals surface area contributed by atoms with Crippen LogP contribution in [0.3, 0.4) is 0 Å². The number of rotatable bonds is 4. The zero-order chi connectivity index (χ0) is 10.6. The molecule has 1 unspecified atom stereocenters. The van der Waals surface area contributed by atoms with Crippen LogP contribution in [0, 0.1) is 12.8 Å². The van der Waals surface area contributed by atoms with Crippen molar-refractivity contribution < 1.29 is 0 Å². The molecule has 1 aromatic rings. The van der Waals surface area contributed by atoms with Gasteiger partial charge in [0.25, 0.3) is 0 Å². The van der Waals surface area contributed by atoms with Crippen LogP contribution in [-0.2, 0) is 0 Å². The summed E-state index contributed by atoms with van der Waals surface area (Å²) in [4.78, 5) is 2.27. The molecular formula is C12H20N2. The van der Waals surface area contributed by atoms with Gasteiger partial charge in [-0.15, -0.1) is 0 Å². The van der Waals surface area contributed by atoms with Crippen LogP contribution >= 0.6 is 0 Å². The van der Waals surface area contributed by atoms with Crippen molar-refractivity contribution in [1.29, 1.82) is 0 Å². The van der Waals surface area contributed by atoms with Crippen LogP contribution in [-0.4, -0.2) is 20.1 Å². The molecule has 2 heteroatoms. The number of benzene rings is 1. The predicted octanol–water partition coefficient (Wildman–Crippen LogP) is 2.03. The third kappa shape index (κ3) is 2.74. The summed E-state index contributed by atoms with van der Waals surface area (Å²) in [7, 11) is 2.12. The van der Waals surface area contributed by atoms with Crippen LogP contribution < -0.4 is 10.6 Å². The molecule has 0 saturated heterocycles. The Bertz CT molecular complexity index is 283. The first-order valence-electron chi connectivity index (χ1n) is 5.12. The summed E-state index contributed by atoms with van der Waals surface area (Å²) in [5.41, 5.74) is 8.23. The molecule has 78 valence electrons. The zero-order valence-electron chi connectivity index (χ0n) is 9.33. The lowest BCUT2D eigenvalue weighted by atomic mass is 10.1. The van der Waals surface area contributed by atoms with E-state index >= 15 is 0 Å². The number of nitrogens with zero attached hydrogens (tertiary/aromatic N) is 1. The first kappa shape index (κ1) is 11.1. The van der Waals surface area contributed by atoms with Crippen LogP contribution in [0.4, 0.5) is 5.69 Å². The molecule has 0 aliphatic heterocycles. The number of anilines is 1. The summed E-state index contributed by atoms with van der Waals surface area (Å²) < 4.78 is 0. The molecule has 0 aliphatic rings. The van der Waals surface area contributed by atoms with Crippen molar-refractivity contribution in [1.82, 2.24) is 0 Å². The summed E-state index contributed by atoms with van der Waals surface area (Å²) >= 11 is 0. The molecule has 14 heavy (non-hydrogen) atoms. The highest BCUT2D eigenvalue weighted by Gasteiger charge is 2.06. The van der Waals surface area contributed by atoms with E-state index in [1.54, 1.807) is 0 Å². The van der Waals surface area contributed by atoms with Gasteiger partial charge in [0.05, 0.1) is 0 Å². The molecule has 2 N–H and O–H groups in total. The molecule has 0 saturated carbocycles. The molecule has 0 amide bonds. The monoisotopic (exact) mass is 192 g/mol. The van der Waals surface area contributed by atoms with E-state index in [1.807, 2.05) is 0 Å². The highest BCUT2D eigenvalue weighted by Crippen LogP contribution is 2.18.